The lowest BCUT2D eigenvalue weighted by atomic mass is 9.93. The van der Waals surface area contributed by atoms with Crippen LogP contribution in [0.25, 0.3) is 0 Å². The third-order valence-electron chi connectivity index (χ3n) is 2.28. The van der Waals surface area contributed by atoms with Gasteiger partial charge in [0, 0.05) is 23.5 Å². The number of rotatable bonds is 4. The van der Waals surface area contributed by atoms with Gasteiger partial charge in [-0.1, -0.05) is 6.07 Å². The summed E-state index contributed by atoms with van der Waals surface area (Å²) in [4.78, 5) is 9.33. The topological polar surface area (TPSA) is 43.1 Å². The zero-order valence-corrected chi connectivity index (χ0v) is 8.79. The van der Waals surface area contributed by atoms with E-state index in [4.69, 9.17) is 0 Å². The van der Waals surface area contributed by atoms with E-state index in [9.17, 15) is 27.7 Å². The van der Waals surface area contributed by atoms with Crippen molar-refractivity contribution in [3.8, 4) is 0 Å². The molecule has 1 aromatic rings. The Hall–Kier alpha value is -1.66. The van der Waals surface area contributed by atoms with Gasteiger partial charge in [0.15, 0.2) is 0 Å². The Bertz CT molecular complexity index is 431. The molecule has 0 aromatic heterocycles. The molecule has 0 amide bonds. The fourth-order valence-corrected chi connectivity index (χ4v) is 1.46. The van der Waals surface area contributed by atoms with Crippen molar-refractivity contribution in [1.29, 1.82) is 0 Å². The summed E-state index contributed by atoms with van der Waals surface area (Å²) in [6.45, 7) is -0.657. The van der Waals surface area contributed by atoms with Crippen LogP contribution in [0.5, 0.6) is 0 Å². The molecule has 1 unspecified atom stereocenters. The minimum Gasteiger partial charge on any atom is -0.265 e. The molecule has 7 heteroatoms. The number of benzene rings is 1. The fourth-order valence-electron chi connectivity index (χ4n) is 1.46. The fraction of sp³-hybridized carbons (Fsp3) is 0.400. The highest BCUT2D eigenvalue weighted by Gasteiger charge is 2.40. The summed E-state index contributed by atoms with van der Waals surface area (Å²) >= 11 is 0. The first kappa shape index (κ1) is 13.4. The summed E-state index contributed by atoms with van der Waals surface area (Å²) < 4.78 is 52.2. The number of hydrogen-bond donors (Lipinski definition) is 0. The predicted octanol–water partition coefficient (Wildman–Crippen LogP) is 2.98. The van der Waals surface area contributed by atoms with Gasteiger partial charge in [0.25, 0.3) is 5.92 Å². The van der Waals surface area contributed by atoms with Crippen molar-refractivity contribution in [3.63, 3.8) is 0 Å². The van der Waals surface area contributed by atoms with E-state index in [0.717, 1.165) is 12.1 Å². The van der Waals surface area contributed by atoms with Crippen molar-refractivity contribution in [2.24, 2.45) is 0 Å². The van der Waals surface area contributed by atoms with E-state index in [1.165, 1.54) is 0 Å². The molecule has 0 N–H and O–H groups in total. The van der Waals surface area contributed by atoms with Gasteiger partial charge >= 0.3 is 0 Å². The highest BCUT2D eigenvalue weighted by Crippen LogP contribution is 2.34. The maximum Gasteiger partial charge on any atom is 0.258 e. The van der Waals surface area contributed by atoms with Crippen molar-refractivity contribution in [1.82, 2.24) is 0 Å². The van der Waals surface area contributed by atoms with Gasteiger partial charge in [-0.05, 0) is 6.07 Å². The van der Waals surface area contributed by atoms with E-state index in [-0.39, 0.29) is 0 Å². The summed E-state index contributed by atoms with van der Waals surface area (Å²) in [5.74, 6) is -7.52. The average molecular weight is 251 g/mol. The minimum absolute atomic E-state index is 0.425. The van der Waals surface area contributed by atoms with Gasteiger partial charge in [0.1, 0.15) is 17.6 Å². The van der Waals surface area contributed by atoms with Crippen molar-refractivity contribution in [2.45, 2.75) is 18.8 Å². The van der Waals surface area contributed by atoms with Crippen LogP contribution in [-0.4, -0.2) is 17.4 Å². The lowest BCUT2D eigenvalue weighted by molar-refractivity contribution is -0.488. The van der Waals surface area contributed by atoms with Gasteiger partial charge in [-0.25, -0.2) is 17.6 Å². The van der Waals surface area contributed by atoms with Crippen LogP contribution in [0.2, 0.25) is 0 Å². The zero-order valence-electron chi connectivity index (χ0n) is 8.79. The second-order valence-electron chi connectivity index (χ2n) is 3.69. The monoisotopic (exact) mass is 251 g/mol. The standard InChI is InChI=1S/C10H9F4NO2/c1-10(13,14)8(5-15(16)17)7-3-2-6(11)4-9(7)12/h2-4,8H,5H2,1H3. The molecular formula is C10H9F4NO2. The molecule has 0 radical (unpaired) electrons. The molecule has 1 rings (SSSR count). The van der Waals surface area contributed by atoms with Crippen molar-refractivity contribution in [2.75, 3.05) is 6.54 Å². The Balaban J connectivity index is 3.17. The van der Waals surface area contributed by atoms with Gasteiger partial charge in [-0.2, -0.15) is 0 Å². The summed E-state index contributed by atoms with van der Waals surface area (Å²) in [5.41, 5.74) is -0.560. The molecule has 0 aliphatic carbocycles. The summed E-state index contributed by atoms with van der Waals surface area (Å²) in [5, 5.41) is 10.3. The predicted molar refractivity (Wildman–Crippen MR) is 51.6 cm³/mol. The Kier molecular flexibility index (Phi) is 3.69. The molecule has 0 aliphatic heterocycles. The van der Waals surface area contributed by atoms with E-state index < -0.39 is 40.5 Å². The summed E-state index contributed by atoms with van der Waals surface area (Å²) in [6, 6.07) is 2.02. The molecular weight excluding hydrogens is 242 g/mol. The first-order chi connectivity index (χ1) is 7.71. The highest BCUT2D eigenvalue weighted by molar-refractivity contribution is 5.24. The molecule has 3 nitrogen and oxygen atoms in total. The third kappa shape index (κ3) is 3.40. The molecule has 0 heterocycles. The number of hydrogen-bond acceptors (Lipinski definition) is 2. The van der Waals surface area contributed by atoms with E-state index in [1.807, 2.05) is 0 Å². The van der Waals surface area contributed by atoms with Crippen molar-refractivity contribution in [3.05, 3.63) is 45.5 Å². The highest BCUT2D eigenvalue weighted by atomic mass is 19.3. The molecule has 0 aliphatic rings. The molecule has 0 saturated carbocycles. The molecule has 0 spiro atoms. The number of nitro groups is 1. The normalized spacial score (nSPS) is 13.5. The van der Waals surface area contributed by atoms with Crippen LogP contribution in [0.15, 0.2) is 18.2 Å². The van der Waals surface area contributed by atoms with E-state index >= 15 is 0 Å². The minimum atomic E-state index is -3.47. The first-order valence-electron chi connectivity index (χ1n) is 4.66. The Morgan fingerprint density at radius 1 is 1.41 bits per heavy atom. The van der Waals surface area contributed by atoms with E-state index in [0.29, 0.717) is 13.0 Å². The molecule has 94 valence electrons. The largest absolute Gasteiger partial charge is 0.265 e. The van der Waals surface area contributed by atoms with Gasteiger partial charge in [-0.3, -0.25) is 10.1 Å². The van der Waals surface area contributed by atoms with Crippen LogP contribution < -0.4 is 0 Å². The molecule has 0 bridgehead atoms. The van der Waals surface area contributed by atoms with Gasteiger partial charge < -0.3 is 0 Å². The van der Waals surface area contributed by atoms with Gasteiger partial charge in [0.2, 0.25) is 6.54 Å². The smallest absolute Gasteiger partial charge is 0.258 e. The van der Waals surface area contributed by atoms with E-state index in [2.05, 4.69) is 0 Å². The van der Waals surface area contributed by atoms with Crippen LogP contribution >= 0.6 is 0 Å². The second-order valence-corrected chi connectivity index (χ2v) is 3.69. The number of alkyl halides is 2. The van der Waals surface area contributed by atoms with Crippen molar-refractivity contribution < 1.29 is 22.5 Å². The number of halogens is 4. The lowest BCUT2D eigenvalue weighted by Crippen LogP contribution is -2.29. The number of nitrogens with zero attached hydrogens (tertiary/aromatic N) is 1. The molecule has 0 fully saturated rings. The molecule has 0 saturated heterocycles. The van der Waals surface area contributed by atoms with Crippen LogP contribution in [0.4, 0.5) is 17.6 Å². The first-order valence-corrected chi connectivity index (χ1v) is 4.66. The van der Waals surface area contributed by atoms with Gasteiger partial charge in [-0.15, -0.1) is 0 Å². The second kappa shape index (κ2) is 4.68. The van der Waals surface area contributed by atoms with E-state index in [1.54, 1.807) is 0 Å². The SMILES string of the molecule is CC(F)(F)C(C[N+](=O)[O-])c1ccc(F)cc1F. The van der Waals surface area contributed by atoms with Crippen LogP contribution in [0.1, 0.15) is 18.4 Å². The average Bonchev–Trinajstić information content (AvgIpc) is 2.13. The quantitative estimate of drug-likeness (QED) is 0.469. The van der Waals surface area contributed by atoms with Crippen LogP contribution in [0.3, 0.4) is 0 Å². The van der Waals surface area contributed by atoms with Crippen LogP contribution in [0, 0.1) is 21.7 Å². The van der Waals surface area contributed by atoms with Crippen molar-refractivity contribution >= 4 is 0 Å². The molecule has 1 aromatic carbocycles. The Morgan fingerprint density at radius 2 is 2.00 bits per heavy atom. The maximum atomic E-state index is 13.3. The maximum absolute atomic E-state index is 13.3. The van der Waals surface area contributed by atoms with Crippen LogP contribution in [-0.2, 0) is 0 Å². The lowest BCUT2D eigenvalue weighted by Gasteiger charge is -2.20. The van der Waals surface area contributed by atoms with Gasteiger partial charge in [0.05, 0.1) is 0 Å². The molecule has 1 atom stereocenters. The Morgan fingerprint density at radius 3 is 2.41 bits per heavy atom. The summed E-state index contributed by atoms with van der Waals surface area (Å²) in [6.07, 6.45) is 0. The Labute approximate surface area is 94.2 Å². The third-order valence-corrected chi connectivity index (χ3v) is 2.28. The molecule has 17 heavy (non-hydrogen) atoms. The zero-order chi connectivity index (χ0) is 13.2. The summed E-state index contributed by atoms with van der Waals surface area (Å²) in [7, 11) is 0.